The Kier molecular flexibility index (Phi) is 6.76. The van der Waals surface area contributed by atoms with Gasteiger partial charge in [-0.2, -0.15) is 13.2 Å². The van der Waals surface area contributed by atoms with E-state index in [0.29, 0.717) is 0 Å². The number of piperazine rings is 1. The number of nitrogens with zero attached hydrogens (tertiary/aromatic N) is 1. The predicted octanol–water partition coefficient (Wildman–Crippen LogP) is 0.506. The Morgan fingerprint density at radius 3 is 2.10 bits per heavy atom. The fourth-order valence-electron chi connectivity index (χ4n) is 1.29. The molecule has 2 rings (SSSR count). The summed E-state index contributed by atoms with van der Waals surface area (Å²) in [4.78, 5) is 24.7. The number of carbonyl (C=O) groups is 2. The van der Waals surface area contributed by atoms with Crippen LogP contribution in [0.4, 0.5) is 13.2 Å². The Labute approximate surface area is 118 Å². The molecule has 0 bridgehead atoms. The second-order valence-corrected chi connectivity index (χ2v) is 3.92. The molecule has 0 spiro atoms. The quantitative estimate of drug-likeness (QED) is 0.581. The van der Waals surface area contributed by atoms with Crippen LogP contribution >= 0.6 is 0 Å². The van der Waals surface area contributed by atoms with Crippen LogP contribution in [0.5, 0.6) is 0 Å². The molecule has 2 heterocycles. The summed E-state index contributed by atoms with van der Waals surface area (Å²) < 4.78 is 38.6. The third kappa shape index (κ3) is 6.82. The van der Waals surface area contributed by atoms with Crippen LogP contribution < -0.4 is 10.6 Å². The van der Waals surface area contributed by atoms with Crippen molar-refractivity contribution in [2.45, 2.75) is 6.18 Å². The summed E-state index contributed by atoms with van der Waals surface area (Å²) in [5.41, 5.74) is -0.227. The Morgan fingerprint density at radius 2 is 1.71 bits per heavy atom. The van der Waals surface area contributed by atoms with E-state index in [4.69, 9.17) is 0 Å². The number of halogens is 3. The van der Waals surface area contributed by atoms with E-state index in [1.54, 1.807) is 0 Å². The molecule has 1 aromatic heterocycles. The smallest absolute Gasteiger partial charge is 0.383 e. The van der Waals surface area contributed by atoms with Gasteiger partial charge in [0.25, 0.3) is 0 Å². The SMILES string of the molecule is C1CNCCN1.O=C(OC(=O)C(F)(F)F)c1cccnc1. The van der Waals surface area contributed by atoms with E-state index in [1.807, 2.05) is 0 Å². The van der Waals surface area contributed by atoms with Gasteiger partial charge in [0.15, 0.2) is 0 Å². The minimum atomic E-state index is -5.18. The second kappa shape index (κ2) is 8.32. The maximum absolute atomic E-state index is 11.7. The van der Waals surface area contributed by atoms with Gasteiger partial charge < -0.3 is 15.4 Å². The van der Waals surface area contributed by atoms with Gasteiger partial charge >= 0.3 is 18.1 Å². The highest BCUT2D eigenvalue weighted by Gasteiger charge is 2.42. The fraction of sp³-hybridized carbons (Fsp3) is 0.417. The van der Waals surface area contributed by atoms with Crippen molar-refractivity contribution >= 4 is 11.9 Å². The molecule has 0 unspecified atom stereocenters. The van der Waals surface area contributed by atoms with Crippen molar-refractivity contribution in [1.82, 2.24) is 15.6 Å². The summed E-state index contributed by atoms with van der Waals surface area (Å²) in [6.45, 7) is 4.56. The van der Waals surface area contributed by atoms with Crippen LogP contribution in [-0.2, 0) is 9.53 Å². The molecule has 0 saturated carbocycles. The number of alkyl halides is 3. The molecule has 1 aliphatic heterocycles. The van der Waals surface area contributed by atoms with E-state index < -0.39 is 18.1 Å². The van der Waals surface area contributed by atoms with Crippen molar-refractivity contribution < 1.29 is 27.5 Å². The molecule has 6 nitrogen and oxygen atoms in total. The van der Waals surface area contributed by atoms with Gasteiger partial charge in [0.1, 0.15) is 0 Å². The first-order valence-electron chi connectivity index (χ1n) is 6.06. The van der Waals surface area contributed by atoms with Crippen molar-refractivity contribution in [1.29, 1.82) is 0 Å². The summed E-state index contributed by atoms with van der Waals surface area (Å²) in [5.74, 6) is -3.93. The lowest BCUT2D eigenvalue weighted by Crippen LogP contribution is -2.39. The molecule has 0 aromatic carbocycles. The standard InChI is InChI=1S/C8H4F3NO3.C4H10N2/c9-8(10,11)7(14)15-6(13)5-2-1-3-12-4-5;1-2-6-4-3-5-1/h1-4H;5-6H,1-4H2. The lowest BCUT2D eigenvalue weighted by molar-refractivity contribution is -0.193. The van der Waals surface area contributed by atoms with Crippen molar-refractivity contribution in [3.8, 4) is 0 Å². The summed E-state index contributed by atoms with van der Waals surface area (Å²) in [6, 6.07) is 2.51. The van der Waals surface area contributed by atoms with Crippen LogP contribution in [0.3, 0.4) is 0 Å². The maximum atomic E-state index is 11.7. The number of nitrogens with one attached hydrogen (secondary N) is 2. The normalized spacial score (nSPS) is 14.6. The van der Waals surface area contributed by atoms with Crippen LogP contribution in [-0.4, -0.2) is 49.3 Å². The molecule has 1 fully saturated rings. The molecule has 1 saturated heterocycles. The van der Waals surface area contributed by atoms with Gasteiger partial charge in [0, 0.05) is 38.6 Å². The molecule has 0 aliphatic carbocycles. The van der Waals surface area contributed by atoms with E-state index >= 15 is 0 Å². The first-order chi connectivity index (χ1) is 9.91. The Morgan fingerprint density at radius 1 is 1.14 bits per heavy atom. The van der Waals surface area contributed by atoms with Gasteiger partial charge in [-0.05, 0) is 12.1 Å². The summed E-state index contributed by atoms with van der Waals surface area (Å²) in [5, 5.41) is 6.44. The van der Waals surface area contributed by atoms with Crippen LogP contribution in [0, 0.1) is 0 Å². The molecule has 0 radical (unpaired) electrons. The Bertz CT molecular complexity index is 450. The molecule has 1 aromatic rings. The van der Waals surface area contributed by atoms with E-state index in [-0.39, 0.29) is 5.56 Å². The zero-order valence-electron chi connectivity index (χ0n) is 10.9. The zero-order chi connectivity index (χ0) is 15.7. The molecule has 2 N–H and O–H groups in total. The van der Waals surface area contributed by atoms with Crippen LogP contribution in [0.2, 0.25) is 0 Å². The average molecular weight is 305 g/mol. The summed E-state index contributed by atoms with van der Waals surface area (Å²) in [7, 11) is 0. The maximum Gasteiger partial charge on any atom is 0.491 e. The molecule has 0 amide bonds. The lowest BCUT2D eigenvalue weighted by atomic mass is 10.3. The van der Waals surface area contributed by atoms with Crippen LogP contribution in [0.15, 0.2) is 24.5 Å². The average Bonchev–Trinajstić information content (AvgIpc) is 2.49. The number of pyridine rings is 1. The molecule has 9 heteroatoms. The van der Waals surface area contributed by atoms with E-state index in [0.717, 1.165) is 32.4 Å². The van der Waals surface area contributed by atoms with E-state index in [2.05, 4.69) is 20.4 Å². The van der Waals surface area contributed by atoms with Crippen LogP contribution in [0.1, 0.15) is 10.4 Å². The minimum Gasteiger partial charge on any atom is -0.383 e. The number of esters is 2. The first kappa shape index (κ1) is 17.1. The molecular weight excluding hydrogens is 291 g/mol. The third-order valence-corrected chi connectivity index (χ3v) is 2.27. The molecule has 1 aliphatic rings. The highest BCUT2D eigenvalue weighted by atomic mass is 19.4. The summed E-state index contributed by atoms with van der Waals surface area (Å²) in [6.07, 6.45) is -2.87. The molecule has 21 heavy (non-hydrogen) atoms. The van der Waals surface area contributed by atoms with Gasteiger partial charge in [0.2, 0.25) is 0 Å². The highest BCUT2D eigenvalue weighted by Crippen LogP contribution is 2.17. The number of hydrogen-bond acceptors (Lipinski definition) is 6. The number of aromatic nitrogens is 1. The van der Waals surface area contributed by atoms with Crippen molar-refractivity contribution in [2.24, 2.45) is 0 Å². The number of carbonyl (C=O) groups excluding carboxylic acids is 2. The van der Waals surface area contributed by atoms with Crippen molar-refractivity contribution in [2.75, 3.05) is 26.2 Å². The van der Waals surface area contributed by atoms with Crippen LogP contribution in [0.25, 0.3) is 0 Å². The number of hydrogen-bond donors (Lipinski definition) is 2. The van der Waals surface area contributed by atoms with Gasteiger partial charge in [-0.3, -0.25) is 4.98 Å². The van der Waals surface area contributed by atoms with Gasteiger partial charge in [0.05, 0.1) is 5.56 Å². The third-order valence-electron chi connectivity index (χ3n) is 2.27. The van der Waals surface area contributed by atoms with Crippen molar-refractivity contribution in [3.63, 3.8) is 0 Å². The van der Waals surface area contributed by atoms with E-state index in [1.165, 1.54) is 18.3 Å². The monoisotopic (exact) mass is 305 g/mol. The van der Waals surface area contributed by atoms with Gasteiger partial charge in [-0.15, -0.1) is 0 Å². The van der Waals surface area contributed by atoms with E-state index in [9.17, 15) is 22.8 Å². The minimum absolute atomic E-state index is 0.227. The van der Waals surface area contributed by atoms with Gasteiger partial charge in [-0.25, -0.2) is 9.59 Å². The van der Waals surface area contributed by atoms with Crippen molar-refractivity contribution in [3.05, 3.63) is 30.1 Å². The first-order valence-corrected chi connectivity index (χ1v) is 6.06. The Balaban J connectivity index is 0.000000304. The summed E-state index contributed by atoms with van der Waals surface area (Å²) >= 11 is 0. The molecule has 116 valence electrons. The molecule has 0 atom stereocenters. The predicted molar refractivity (Wildman–Crippen MR) is 66.5 cm³/mol. The number of rotatable bonds is 1. The largest absolute Gasteiger partial charge is 0.491 e. The molecular formula is C12H14F3N3O3. The van der Waals surface area contributed by atoms with Gasteiger partial charge in [-0.1, -0.05) is 0 Å². The highest BCUT2D eigenvalue weighted by molar-refractivity contribution is 5.97. The zero-order valence-corrected chi connectivity index (χ0v) is 10.9. The fourth-order valence-corrected chi connectivity index (χ4v) is 1.29. The topological polar surface area (TPSA) is 80.3 Å². The Hall–Kier alpha value is -2.00. The second-order valence-electron chi connectivity index (χ2n) is 3.92. The lowest BCUT2D eigenvalue weighted by Gasteiger charge is -2.11. The number of ether oxygens (including phenoxy) is 1.